The summed E-state index contributed by atoms with van der Waals surface area (Å²) in [7, 11) is 0. The normalized spacial score (nSPS) is 29.8. The third-order valence-electron chi connectivity index (χ3n) is 5.57. The van der Waals surface area contributed by atoms with Gasteiger partial charge in [0.1, 0.15) is 11.6 Å². The highest BCUT2D eigenvalue weighted by Crippen LogP contribution is 2.43. The quantitative estimate of drug-likeness (QED) is 0.828. The number of nitrogens with two attached hydrogens (primary N) is 1. The Bertz CT molecular complexity index is 649. The summed E-state index contributed by atoms with van der Waals surface area (Å²) >= 11 is 0. The van der Waals surface area contributed by atoms with E-state index in [2.05, 4.69) is 14.9 Å². The van der Waals surface area contributed by atoms with E-state index in [4.69, 9.17) is 10.5 Å². The van der Waals surface area contributed by atoms with Crippen LogP contribution in [0.3, 0.4) is 0 Å². The number of nitrogens with zero attached hydrogens (tertiary/aromatic N) is 4. The monoisotopic (exact) mass is 333 g/mol. The van der Waals surface area contributed by atoms with Crippen molar-refractivity contribution in [3.05, 3.63) is 6.07 Å². The lowest BCUT2D eigenvalue weighted by Gasteiger charge is -2.33. The highest BCUT2D eigenvalue weighted by Gasteiger charge is 2.54. The van der Waals surface area contributed by atoms with Crippen LogP contribution in [0.1, 0.15) is 19.3 Å². The van der Waals surface area contributed by atoms with Crippen molar-refractivity contribution in [1.29, 1.82) is 0 Å². The molecule has 0 unspecified atom stereocenters. The van der Waals surface area contributed by atoms with Crippen molar-refractivity contribution in [2.24, 2.45) is 11.3 Å². The molecule has 1 aromatic rings. The fourth-order valence-corrected chi connectivity index (χ4v) is 4.13. The number of nitrogen functional groups attached to an aromatic ring is 1. The van der Waals surface area contributed by atoms with Crippen molar-refractivity contribution in [2.75, 3.05) is 54.9 Å². The number of anilines is 3. The summed E-state index contributed by atoms with van der Waals surface area (Å²) in [5.74, 6) is 1.05. The van der Waals surface area contributed by atoms with E-state index in [9.17, 15) is 9.90 Å². The van der Waals surface area contributed by atoms with Gasteiger partial charge in [-0.05, 0) is 19.3 Å². The van der Waals surface area contributed by atoms with Crippen LogP contribution >= 0.6 is 0 Å². The molecule has 0 amide bonds. The predicted octanol–water partition coefficient (Wildman–Crippen LogP) is 0.587. The number of fused-ring (bicyclic) bond motifs is 1. The molecule has 0 radical (unpaired) electrons. The summed E-state index contributed by atoms with van der Waals surface area (Å²) in [5.41, 5.74) is 5.24. The highest BCUT2D eigenvalue weighted by molar-refractivity contribution is 5.77. The molecule has 0 spiro atoms. The maximum absolute atomic E-state index is 11.9. The topological polar surface area (TPSA) is 105 Å². The molecule has 3 aliphatic rings. The summed E-state index contributed by atoms with van der Waals surface area (Å²) in [4.78, 5) is 25.1. The molecule has 8 nitrogen and oxygen atoms in total. The van der Waals surface area contributed by atoms with E-state index in [0.717, 1.165) is 31.7 Å². The Morgan fingerprint density at radius 2 is 2.12 bits per heavy atom. The number of hydrogen-bond donors (Lipinski definition) is 2. The van der Waals surface area contributed by atoms with Crippen LogP contribution in [-0.4, -0.2) is 60.4 Å². The van der Waals surface area contributed by atoms with Gasteiger partial charge in [0.05, 0.1) is 12.0 Å². The molecule has 3 saturated heterocycles. The smallest absolute Gasteiger partial charge is 0.311 e. The van der Waals surface area contributed by atoms with Gasteiger partial charge < -0.3 is 25.4 Å². The summed E-state index contributed by atoms with van der Waals surface area (Å²) in [6, 6.07) is 1.74. The largest absolute Gasteiger partial charge is 0.481 e. The predicted molar refractivity (Wildman–Crippen MR) is 89.1 cm³/mol. The molecule has 2 atom stereocenters. The van der Waals surface area contributed by atoms with Crippen molar-refractivity contribution in [3.63, 3.8) is 0 Å². The van der Waals surface area contributed by atoms with E-state index in [1.165, 1.54) is 0 Å². The lowest BCUT2D eigenvalue weighted by molar-refractivity contribution is -0.157. The minimum absolute atomic E-state index is 0.0184. The first-order valence-corrected chi connectivity index (χ1v) is 8.54. The van der Waals surface area contributed by atoms with Gasteiger partial charge in [-0.1, -0.05) is 0 Å². The van der Waals surface area contributed by atoms with E-state index in [0.29, 0.717) is 44.5 Å². The second-order valence-electron chi connectivity index (χ2n) is 7.01. The van der Waals surface area contributed by atoms with E-state index < -0.39 is 11.4 Å². The first-order valence-electron chi connectivity index (χ1n) is 8.54. The average Bonchev–Trinajstić information content (AvgIpc) is 3.22. The molecule has 0 bridgehead atoms. The molecule has 3 aliphatic heterocycles. The van der Waals surface area contributed by atoms with Crippen molar-refractivity contribution >= 4 is 23.6 Å². The van der Waals surface area contributed by atoms with E-state index >= 15 is 0 Å². The Balaban J connectivity index is 1.63. The summed E-state index contributed by atoms with van der Waals surface area (Å²) < 4.78 is 5.52. The Morgan fingerprint density at radius 3 is 2.83 bits per heavy atom. The molecule has 24 heavy (non-hydrogen) atoms. The van der Waals surface area contributed by atoms with Gasteiger partial charge in [-0.25, -0.2) is 0 Å². The Labute approximate surface area is 140 Å². The van der Waals surface area contributed by atoms with E-state index in [-0.39, 0.29) is 5.92 Å². The molecule has 3 N–H and O–H groups in total. The first kappa shape index (κ1) is 15.4. The van der Waals surface area contributed by atoms with Crippen LogP contribution in [0.2, 0.25) is 0 Å². The Hall–Kier alpha value is -2.09. The van der Waals surface area contributed by atoms with Crippen molar-refractivity contribution < 1.29 is 14.6 Å². The van der Waals surface area contributed by atoms with Gasteiger partial charge in [0.2, 0.25) is 5.95 Å². The average molecular weight is 333 g/mol. The van der Waals surface area contributed by atoms with Crippen molar-refractivity contribution in [2.45, 2.75) is 19.3 Å². The van der Waals surface area contributed by atoms with Gasteiger partial charge in [-0.15, -0.1) is 0 Å². The molecule has 130 valence electrons. The minimum atomic E-state index is -0.744. The Morgan fingerprint density at radius 1 is 1.33 bits per heavy atom. The number of rotatable bonds is 3. The SMILES string of the molecule is Nc1cc(N2C[C@@H]3COCC[C@]3(C(=O)O)C2)nc(N2CCCC2)n1. The van der Waals surface area contributed by atoms with Gasteiger partial charge >= 0.3 is 5.97 Å². The number of carboxylic acid groups (broad SMARTS) is 1. The zero-order valence-corrected chi connectivity index (χ0v) is 13.6. The van der Waals surface area contributed by atoms with Crippen LogP contribution < -0.4 is 15.5 Å². The standard InChI is InChI=1S/C16H23N5O3/c17-12-7-13(19-15(18-12)20-4-1-2-5-20)21-8-11-9-24-6-3-16(11,10-21)14(22)23/h7,11H,1-6,8-10H2,(H,22,23)(H2,17,18,19)/t11-,16+/m1/s1. The second-order valence-corrected chi connectivity index (χ2v) is 7.01. The fourth-order valence-electron chi connectivity index (χ4n) is 4.13. The van der Waals surface area contributed by atoms with Crippen molar-refractivity contribution in [1.82, 2.24) is 9.97 Å². The van der Waals surface area contributed by atoms with Crippen LogP contribution in [0.5, 0.6) is 0 Å². The lowest BCUT2D eigenvalue weighted by atomic mass is 9.74. The van der Waals surface area contributed by atoms with Gasteiger partial charge in [0, 0.05) is 44.8 Å². The third-order valence-corrected chi connectivity index (χ3v) is 5.57. The molecule has 0 saturated carbocycles. The van der Waals surface area contributed by atoms with E-state index in [1.807, 2.05) is 4.90 Å². The second kappa shape index (κ2) is 5.77. The van der Waals surface area contributed by atoms with Crippen LogP contribution in [-0.2, 0) is 9.53 Å². The molecule has 3 fully saturated rings. The minimum Gasteiger partial charge on any atom is -0.481 e. The number of ether oxygens (including phenoxy) is 1. The lowest BCUT2D eigenvalue weighted by Crippen LogP contribution is -2.44. The molecule has 0 aliphatic carbocycles. The zero-order chi connectivity index (χ0) is 16.7. The van der Waals surface area contributed by atoms with Gasteiger partial charge in [-0.2, -0.15) is 9.97 Å². The number of carboxylic acids is 1. The Kier molecular flexibility index (Phi) is 3.71. The number of aromatic nitrogens is 2. The number of carbonyl (C=O) groups is 1. The number of aliphatic carboxylic acids is 1. The van der Waals surface area contributed by atoms with Crippen LogP contribution in [0.25, 0.3) is 0 Å². The van der Waals surface area contributed by atoms with Crippen LogP contribution in [0, 0.1) is 11.3 Å². The van der Waals surface area contributed by atoms with Crippen LogP contribution in [0.15, 0.2) is 6.07 Å². The zero-order valence-electron chi connectivity index (χ0n) is 13.6. The number of hydrogen-bond acceptors (Lipinski definition) is 7. The summed E-state index contributed by atoms with van der Waals surface area (Å²) in [6.45, 7) is 3.95. The highest BCUT2D eigenvalue weighted by atomic mass is 16.5. The van der Waals surface area contributed by atoms with E-state index in [1.54, 1.807) is 6.07 Å². The molecule has 8 heteroatoms. The molecule has 1 aromatic heterocycles. The van der Waals surface area contributed by atoms with Crippen LogP contribution in [0.4, 0.5) is 17.6 Å². The molecular weight excluding hydrogens is 310 g/mol. The summed E-state index contributed by atoms with van der Waals surface area (Å²) in [6.07, 6.45) is 2.82. The molecular formula is C16H23N5O3. The molecule has 0 aromatic carbocycles. The first-order chi connectivity index (χ1) is 11.6. The molecule has 4 heterocycles. The maximum Gasteiger partial charge on any atom is 0.311 e. The molecule has 4 rings (SSSR count). The van der Waals surface area contributed by atoms with Gasteiger partial charge in [0.25, 0.3) is 0 Å². The fraction of sp³-hybridized carbons (Fsp3) is 0.688. The summed E-state index contributed by atoms with van der Waals surface area (Å²) in [5, 5.41) is 9.80. The van der Waals surface area contributed by atoms with Crippen molar-refractivity contribution in [3.8, 4) is 0 Å². The maximum atomic E-state index is 11.9. The third kappa shape index (κ3) is 2.45. The van der Waals surface area contributed by atoms with Gasteiger partial charge in [-0.3, -0.25) is 4.79 Å². The van der Waals surface area contributed by atoms with Gasteiger partial charge in [0.15, 0.2) is 0 Å².